The summed E-state index contributed by atoms with van der Waals surface area (Å²) in [7, 11) is 0. The SMILES string of the molecule is Fc1ccc(C2=CCc3ccc4c(-c5ccc(F)c(C(F)(F)F)c5)ccc5c4c3C2=CC5)cc1C(F)(F)F. The van der Waals surface area contributed by atoms with Gasteiger partial charge in [0.25, 0.3) is 0 Å². The molecule has 4 aromatic carbocycles. The van der Waals surface area contributed by atoms with E-state index in [9.17, 15) is 35.1 Å². The van der Waals surface area contributed by atoms with Crippen molar-refractivity contribution in [3.8, 4) is 11.1 Å². The first kappa shape index (κ1) is 24.4. The van der Waals surface area contributed by atoms with Crippen LogP contribution in [0, 0.1) is 11.6 Å². The summed E-state index contributed by atoms with van der Waals surface area (Å²) in [5.74, 6) is -2.72. The molecule has 0 amide bonds. The highest BCUT2D eigenvalue weighted by Gasteiger charge is 2.36. The molecular weight excluding hydrogens is 512 g/mol. The lowest BCUT2D eigenvalue weighted by Crippen LogP contribution is -2.11. The van der Waals surface area contributed by atoms with Crippen molar-refractivity contribution in [2.24, 2.45) is 0 Å². The minimum atomic E-state index is -4.86. The Morgan fingerprint density at radius 1 is 0.553 bits per heavy atom. The monoisotopic (exact) mass is 528 g/mol. The van der Waals surface area contributed by atoms with Crippen LogP contribution in [0.4, 0.5) is 35.1 Å². The molecule has 2 aliphatic carbocycles. The molecule has 0 unspecified atom stereocenters. The van der Waals surface area contributed by atoms with Crippen LogP contribution in [-0.4, -0.2) is 0 Å². The first-order valence-electron chi connectivity index (χ1n) is 11.7. The summed E-state index contributed by atoms with van der Waals surface area (Å²) in [6.07, 6.45) is -5.15. The summed E-state index contributed by atoms with van der Waals surface area (Å²) in [4.78, 5) is 0. The molecule has 0 bridgehead atoms. The third-order valence-electron chi connectivity index (χ3n) is 7.13. The van der Waals surface area contributed by atoms with Gasteiger partial charge in [-0.2, -0.15) is 26.3 Å². The van der Waals surface area contributed by atoms with E-state index in [1.807, 2.05) is 18.2 Å². The summed E-state index contributed by atoms with van der Waals surface area (Å²) in [5, 5.41) is 1.45. The van der Waals surface area contributed by atoms with E-state index in [0.717, 1.165) is 46.3 Å². The first-order chi connectivity index (χ1) is 17.9. The molecule has 0 saturated heterocycles. The van der Waals surface area contributed by atoms with Crippen molar-refractivity contribution >= 4 is 21.9 Å². The molecule has 0 aliphatic heterocycles. The largest absolute Gasteiger partial charge is 0.419 e. The van der Waals surface area contributed by atoms with Crippen LogP contribution in [0.1, 0.15) is 33.4 Å². The molecule has 0 heterocycles. The van der Waals surface area contributed by atoms with E-state index in [0.29, 0.717) is 34.9 Å². The number of rotatable bonds is 2. The summed E-state index contributed by atoms with van der Waals surface area (Å²) in [6, 6.07) is 12.9. The van der Waals surface area contributed by atoms with Crippen molar-refractivity contribution < 1.29 is 35.1 Å². The fourth-order valence-electron chi connectivity index (χ4n) is 5.43. The molecule has 0 nitrogen and oxygen atoms in total. The molecule has 0 fully saturated rings. The number of alkyl halides is 6. The standard InChI is InChI=1S/C30H16F8/c31-25-11-5-17(13-23(25)29(33,34)35)19-7-1-15-3-9-22-20(8-2-16-4-10-21(19)27(15)28(16)22)18-6-12-26(32)24(14-18)30(36,37)38/h1,4-14H,2-3H2. The number of allylic oxidation sites excluding steroid dienone is 4. The molecule has 0 spiro atoms. The van der Waals surface area contributed by atoms with E-state index in [1.165, 1.54) is 12.1 Å². The Kier molecular flexibility index (Phi) is 5.32. The van der Waals surface area contributed by atoms with Crippen LogP contribution in [-0.2, 0) is 25.2 Å². The van der Waals surface area contributed by atoms with Crippen molar-refractivity contribution in [2.75, 3.05) is 0 Å². The van der Waals surface area contributed by atoms with E-state index in [4.69, 9.17) is 0 Å². The third kappa shape index (κ3) is 3.81. The van der Waals surface area contributed by atoms with E-state index in [1.54, 1.807) is 18.2 Å². The maximum absolute atomic E-state index is 14.0. The summed E-state index contributed by atoms with van der Waals surface area (Å²) >= 11 is 0. The van der Waals surface area contributed by atoms with Gasteiger partial charge in [-0.15, -0.1) is 0 Å². The van der Waals surface area contributed by atoms with Gasteiger partial charge in [0.05, 0.1) is 11.1 Å². The summed E-state index contributed by atoms with van der Waals surface area (Å²) < 4.78 is 108. The molecule has 192 valence electrons. The highest BCUT2D eigenvalue weighted by Crippen LogP contribution is 2.48. The predicted molar refractivity (Wildman–Crippen MR) is 129 cm³/mol. The maximum atomic E-state index is 14.0. The van der Waals surface area contributed by atoms with E-state index in [2.05, 4.69) is 0 Å². The highest BCUT2D eigenvalue weighted by molar-refractivity contribution is 6.16. The summed E-state index contributed by atoms with van der Waals surface area (Å²) in [5.41, 5.74) is 2.04. The van der Waals surface area contributed by atoms with Crippen LogP contribution in [0.15, 0.2) is 72.8 Å². The maximum Gasteiger partial charge on any atom is 0.419 e. The fourth-order valence-corrected chi connectivity index (χ4v) is 5.43. The van der Waals surface area contributed by atoms with Crippen LogP contribution in [0.5, 0.6) is 0 Å². The van der Waals surface area contributed by atoms with Crippen molar-refractivity contribution in [1.29, 1.82) is 0 Å². The van der Waals surface area contributed by atoms with E-state index in [-0.39, 0.29) is 11.1 Å². The lowest BCUT2D eigenvalue weighted by Gasteiger charge is -2.28. The smallest absolute Gasteiger partial charge is 0.206 e. The lowest BCUT2D eigenvalue weighted by atomic mass is 9.75. The van der Waals surface area contributed by atoms with Gasteiger partial charge in [-0.25, -0.2) is 8.78 Å². The van der Waals surface area contributed by atoms with Gasteiger partial charge < -0.3 is 0 Å². The van der Waals surface area contributed by atoms with Gasteiger partial charge in [0.1, 0.15) is 11.6 Å². The number of hydrogen-bond donors (Lipinski definition) is 0. The number of benzene rings is 4. The van der Waals surface area contributed by atoms with Crippen molar-refractivity contribution in [3.63, 3.8) is 0 Å². The molecule has 4 aromatic rings. The molecule has 0 N–H and O–H groups in total. The molecule has 2 aliphatic rings. The second-order valence-corrected chi connectivity index (χ2v) is 9.32. The van der Waals surface area contributed by atoms with Crippen LogP contribution >= 0.6 is 0 Å². The third-order valence-corrected chi connectivity index (χ3v) is 7.13. The summed E-state index contributed by atoms with van der Waals surface area (Å²) in [6.45, 7) is 0. The second-order valence-electron chi connectivity index (χ2n) is 9.32. The molecular formula is C30H16F8. The Hall–Kier alpha value is -3.94. The van der Waals surface area contributed by atoms with E-state index < -0.39 is 35.1 Å². The molecule has 0 radical (unpaired) electrons. The molecule has 38 heavy (non-hydrogen) atoms. The number of halogens is 8. The van der Waals surface area contributed by atoms with Gasteiger partial charge in [0.15, 0.2) is 0 Å². The quantitative estimate of drug-likeness (QED) is 0.228. The second kappa shape index (κ2) is 8.28. The van der Waals surface area contributed by atoms with Gasteiger partial charge in [-0.1, -0.05) is 48.6 Å². The Morgan fingerprint density at radius 2 is 1.11 bits per heavy atom. The molecule has 0 aromatic heterocycles. The Bertz CT molecular complexity index is 1700. The van der Waals surface area contributed by atoms with Crippen LogP contribution in [0.25, 0.3) is 33.0 Å². The average Bonchev–Trinajstić information content (AvgIpc) is 2.86. The molecule has 0 saturated carbocycles. The Labute approximate surface area is 211 Å². The highest BCUT2D eigenvalue weighted by atomic mass is 19.4. The zero-order valence-electron chi connectivity index (χ0n) is 19.4. The van der Waals surface area contributed by atoms with Crippen LogP contribution < -0.4 is 0 Å². The van der Waals surface area contributed by atoms with Crippen molar-refractivity contribution in [2.45, 2.75) is 25.2 Å². The van der Waals surface area contributed by atoms with Crippen LogP contribution in [0.3, 0.4) is 0 Å². The zero-order valence-corrected chi connectivity index (χ0v) is 19.4. The van der Waals surface area contributed by atoms with E-state index >= 15 is 0 Å². The predicted octanol–water partition coefficient (Wildman–Crippen LogP) is 9.40. The Balaban J connectivity index is 1.53. The minimum absolute atomic E-state index is 0.196. The van der Waals surface area contributed by atoms with Crippen LogP contribution in [0.2, 0.25) is 0 Å². The molecule has 8 heteroatoms. The van der Waals surface area contributed by atoms with Crippen molar-refractivity contribution in [3.05, 3.63) is 118 Å². The van der Waals surface area contributed by atoms with Gasteiger partial charge >= 0.3 is 12.4 Å². The van der Waals surface area contributed by atoms with Crippen molar-refractivity contribution in [1.82, 2.24) is 0 Å². The van der Waals surface area contributed by atoms with Gasteiger partial charge in [0, 0.05) is 0 Å². The Morgan fingerprint density at radius 3 is 1.76 bits per heavy atom. The zero-order chi connectivity index (χ0) is 27.0. The fraction of sp³-hybridized carbons (Fsp3) is 0.133. The number of hydrogen-bond acceptors (Lipinski definition) is 0. The molecule has 6 rings (SSSR count). The first-order valence-corrected chi connectivity index (χ1v) is 11.7. The molecule has 0 atom stereocenters. The van der Waals surface area contributed by atoms with Gasteiger partial charge in [-0.3, -0.25) is 0 Å². The topological polar surface area (TPSA) is 0 Å². The van der Waals surface area contributed by atoms with Gasteiger partial charge in [0.2, 0.25) is 0 Å². The lowest BCUT2D eigenvalue weighted by molar-refractivity contribution is -0.140. The average molecular weight is 528 g/mol. The minimum Gasteiger partial charge on any atom is -0.206 e. The van der Waals surface area contributed by atoms with Gasteiger partial charge in [-0.05, 0) is 92.4 Å². The normalized spacial score (nSPS) is 14.9.